The maximum absolute atomic E-state index is 5.64. The summed E-state index contributed by atoms with van der Waals surface area (Å²) in [7, 11) is 2.20. The molecule has 0 unspecified atom stereocenters. The lowest BCUT2D eigenvalue weighted by Crippen LogP contribution is -2.35. The molecule has 0 spiro atoms. The molecule has 1 aromatic heterocycles. The maximum atomic E-state index is 5.64. The van der Waals surface area contributed by atoms with Gasteiger partial charge in [0.05, 0.1) is 12.8 Å². The summed E-state index contributed by atoms with van der Waals surface area (Å²) in [5.74, 6) is 1.07. The van der Waals surface area contributed by atoms with Crippen LogP contribution in [0.15, 0.2) is 16.7 Å². The van der Waals surface area contributed by atoms with Crippen LogP contribution in [0.3, 0.4) is 0 Å². The molecule has 0 atom stereocenters. The first-order valence-corrected chi connectivity index (χ1v) is 8.15. The van der Waals surface area contributed by atoms with E-state index in [1.54, 1.807) is 0 Å². The van der Waals surface area contributed by atoms with Crippen LogP contribution < -0.4 is 5.32 Å². The van der Waals surface area contributed by atoms with E-state index in [2.05, 4.69) is 49.0 Å². The molecule has 21 heavy (non-hydrogen) atoms. The molecule has 4 nitrogen and oxygen atoms in total. The number of likely N-dealkylation sites (N-methyl/N-ethyl adjacent to an activating group) is 1. The van der Waals surface area contributed by atoms with Gasteiger partial charge in [0.1, 0.15) is 5.76 Å². The van der Waals surface area contributed by atoms with Gasteiger partial charge in [-0.25, -0.2) is 0 Å². The minimum atomic E-state index is 0.117. The molecule has 1 aliphatic rings. The van der Waals surface area contributed by atoms with Crippen LogP contribution >= 0.6 is 0 Å². The van der Waals surface area contributed by atoms with Crippen LogP contribution in [0.5, 0.6) is 0 Å². The molecule has 120 valence electrons. The molecule has 1 N–H and O–H groups in total. The number of nitrogens with zero attached hydrogens (tertiary/aromatic N) is 2. The molecule has 1 fully saturated rings. The van der Waals surface area contributed by atoms with Crippen molar-refractivity contribution in [1.82, 2.24) is 15.1 Å². The standard InChI is InChI=1S/C17H31N3O/c1-17(2,3)18-13-16-15(7-12-21-16)14-19(4)10-11-20-8-5-6-9-20/h7,12,18H,5-6,8-11,13-14H2,1-4H3. The summed E-state index contributed by atoms with van der Waals surface area (Å²) in [5, 5.41) is 3.49. The van der Waals surface area contributed by atoms with E-state index >= 15 is 0 Å². The van der Waals surface area contributed by atoms with E-state index < -0.39 is 0 Å². The number of hydrogen-bond acceptors (Lipinski definition) is 4. The highest BCUT2D eigenvalue weighted by atomic mass is 16.3. The number of likely N-dealkylation sites (tertiary alicyclic amines) is 1. The van der Waals surface area contributed by atoms with Gasteiger partial charge in [0, 0.05) is 30.7 Å². The van der Waals surface area contributed by atoms with Crippen molar-refractivity contribution in [1.29, 1.82) is 0 Å². The fourth-order valence-corrected chi connectivity index (χ4v) is 2.70. The van der Waals surface area contributed by atoms with Gasteiger partial charge in [-0.1, -0.05) is 0 Å². The van der Waals surface area contributed by atoms with E-state index in [9.17, 15) is 0 Å². The molecule has 2 heterocycles. The van der Waals surface area contributed by atoms with Crippen LogP contribution in [-0.4, -0.2) is 48.6 Å². The van der Waals surface area contributed by atoms with Gasteiger partial charge in [-0.05, 0) is 59.8 Å². The number of nitrogens with one attached hydrogen (secondary N) is 1. The monoisotopic (exact) mass is 293 g/mol. The fraction of sp³-hybridized carbons (Fsp3) is 0.765. The molecule has 0 aromatic carbocycles. The molecule has 0 bridgehead atoms. The van der Waals surface area contributed by atoms with E-state index in [-0.39, 0.29) is 5.54 Å². The van der Waals surface area contributed by atoms with Crippen molar-refractivity contribution in [3.8, 4) is 0 Å². The quantitative estimate of drug-likeness (QED) is 0.837. The molecule has 0 aliphatic carbocycles. The maximum Gasteiger partial charge on any atom is 0.122 e. The Morgan fingerprint density at radius 3 is 2.67 bits per heavy atom. The van der Waals surface area contributed by atoms with Gasteiger partial charge in [0.25, 0.3) is 0 Å². The highest BCUT2D eigenvalue weighted by molar-refractivity contribution is 5.17. The van der Waals surface area contributed by atoms with Crippen molar-refractivity contribution in [3.05, 3.63) is 23.7 Å². The van der Waals surface area contributed by atoms with Gasteiger partial charge in [0.15, 0.2) is 0 Å². The zero-order chi connectivity index (χ0) is 15.3. The molecule has 0 saturated carbocycles. The smallest absolute Gasteiger partial charge is 0.122 e. The Morgan fingerprint density at radius 1 is 1.29 bits per heavy atom. The Labute approximate surface area is 129 Å². The lowest BCUT2D eigenvalue weighted by molar-refractivity contribution is 0.250. The third-order valence-electron chi connectivity index (χ3n) is 4.05. The molecule has 4 heteroatoms. The number of hydrogen-bond donors (Lipinski definition) is 1. The molecular formula is C17H31N3O. The summed E-state index contributed by atoms with van der Waals surface area (Å²) in [6.07, 6.45) is 4.55. The Kier molecular flexibility index (Phi) is 5.85. The van der Waals surface area contributed by atoms with Gasteiger partial charge in [0.2, 0.25) is 0 Å². The van der Waals surface area contributed by atoms with Crippen LogP contribution in [0.25, 0.3) is 0 Å². The lowest BCUT2D eigenvalue weighted by Gasteiger charge is -2.22. The first-order valence-electron chi connectivity index (χ1n) is 8.15. The van der Waals surface area contributed by atoms with Crippen LogP contribution in [0.2, 0.25) is 0 Å². The zero-order valence-corrected chi connectivity index (χ0v) is 14.1. The van der Waals surface area contributed by atoms with E-state index in [1.807, 2.05) is 6.26 Å². The second kappa shape index (κ2) is 7.43. The lowest BCUT2D eigenvalue weighted by atomic mass is 10.1. The van der Waals surface area contributed by atoms with Crippen LogP contribution in [0, 0.1) is 0 Å². The average Bonchev–Trinajstić information content (AvgIpc) is 3.04. The minimum Gasteiger partial charge on any atom is -0.468 e. The molecular weight excluding hydrogens is 262 g/mol. The van der Waals surface area contributed by atoms with Crippen molar-refractivity contribution in [2.24, 2.45) is 0 Å². The number of rotatable bonds is 7. The van der Waals surface area contributed by atoms with Crippen LogP contribution in [0.1, 0.15) is 44.9 Å². The van der Waals surface area contributed by atoms with Gasteiger partial charge >= 0.3 is 0 Å². The molecule has 0 radical (unpaired) electrons. The normalized spacial score (nSPS) is 17.0. The highest BCUT2D eigenvalue weighted by Crippen LogP contribution is 2.14. The third-order valence-corrected chi connectivity index (χ3v) is 4.05. The van der Waals surface area contributed by atoms with Crippen LogP contribution in [-0.2, 0) is 13.1 Å². The molecule has 1 saturated heterocycles. The Bertz CT molecular complexity index is 416. The third kappa shape index (κ3) is 5.81. The summed E-state index contributed by atoms with van der Waals surface area (Å²) in [5.41, 5.74) is 1.42. The summed E-state index contributed by atoms with van der Waals surface area (Å²) in [6, 6.07) is 2.10. The van der Waals surface area contributed by atoms with Gasteiger partial charge in [-0.15, -0.1) is 0 Å². The summed E-state index contributed by atoms with van der Waals surface area (Å²) in [4.78, 5) is 4.96. The molecule has 1 aliphatic heterocycles. The molecule has 0 amide bonds. The van der Waals surface area contributed by atoms with E-state index in [4.69, 9.17) is 4.42 Å². The fourth-order valence-electron chi connectivity index (χ4n) is 2.70. The van der Waals surface area contributed by atoms with Crippen molar-refractivity contribution < 1.29 is 4.42 Å². The largest absolute Gasteiger partial charge is 0.468 e. The Hall–Kier alpha value is -0.840. The average molecular weight is 293 g/mol. The summed E-state index contributed by atoms with van der Waals surface area (Å²) in [6.45, 7) is 13.2. The first kappa shape index (κ1) is 16.5. The molecule has 2 rings (SSSR count). The van der Waals surface area contributed by atoms with Gasteiger partial charge < -0.3 is 19.5 Å². The molecule has 1 aromatic rings. The van der Waals surface area contributed by atoms with Crippen molar-refractivity contribution in [2.45, 2.75) is 52.2 Å². The second-order valence-electron chi connectivity index (χ2n) is 7.26. The van der Waals surface area contributed by atoms with Crippen molar-refractivity contribution >= 4 is 0 Å². The van der Waals surface area contributed by atoms with Crippen molar-refractivity contribution in [2.75, 3.05) is 33.2 Å². The van der Waals surface area contributed by atoms with Crippen molar-refractivity contribution in [3.63, 3.8) is 0 Å². The number of furan rings is 1. The first-order chi connectivity index (χ1) is 9.94. The summed E-state index contributed by atoms with van der Waals surface area (Å²) < 4.78 is 5.64. The Morgan fingerprint density at radius 2 is 2.00 bits per heavy atom. The van der Waals surface area contributed by atoms with Gasteiger partial charge in [-0.3, -0.25) is 0 Å². The van der Waals surface area contributed by atoms with E-state index in [1.165, 1.54) is 38.0 Å². The SMILES string of the molecule is CN(CCN1CCCC1)Cc1ccoc1CNC(C)(C)C. The highest BCUT2D eigenvalue weighted by Gasteiger charge is 2.15. The minimum absolute atomic E-state index is 0.117. The Balaban J connectivity index is 1.77. The second-order valence-corrected chi connectivity index (χ2v) is 7.26. The predicted octanol–water partition coefficient (Wildman–Crippen LogP) is 2.70. The van der Waals surface area contributed by atoms with Gasteiger partial charge in [-0.2, -0.15) is 0 Å². The predicted molar refractivity (Wildman–Crippen MR) is 87.3 cm³/mol. The summed E-state index contributed by atoms with van der Waals surface area (Å²) >= 11 is 0. The van der Waals surface area contributed by atoms with E-state index in [0.717, 1.165) is 25.4 Å². The van der Waals surface area contributed by atoms with Crippen LogP contribution in [0.4, 0.5) is 0 Å². The van der Waals surface area contributed by atoms with E-state index in [0.29, 0.717) is 0 Å². The zero-order valence-electron chi connectivity index (χ0n) is 14.1. The topological polar surface area (TPSA) is 31.6 Å².